The molecule has 1 atom stereocenters. The Morgan fingerprint density at radius 3 is 2.43 bits per heavy atom. The van der Waals surface area contributed by atoms with Crippen molar-refractivity contribution in [2.24, 2.45) is 11.8 Å². The van der Waals surface area contributed by atoms with Gasteiger partial charge in [0.25, 0.3) is 0 Å². The molecule has 14 heavy (non-hydrogen) atoms. The van der Waals surface area contributed by atoms with E-state index >= 15 is 0 Å². The third-order valence-electron chi connectivity index (χ3n) is 3.01. The molecule has 1 aliphatic heterocycles. The molecule has 0 radical (unpaired) electrons. The van der Waals surface area contributed by atoms with Crippen molar-refractivity contribution in [3.8, 4) is 0 Å². The average molecular weight is 197 g/mol. The summed E-state index contributed by atoms with van der Waals surface area (Å²) < 4.78 is 0. The topological polar surface area (TPSA) is 20.3 Å². The van der Waals surface area contributed by atoms with Crippen LogP contribution in [0.3, 0.4) is 0 Å². The second-order valence-electron chi connectivity index (χ2n) is 5.14. The van der Waals surface area contributed by atoms with Crippen molar-refractivity contribution in [3.05, 3.63) is 0 Å². The molecular weight excluding hydrogens is 174 g/mol. The van der Waals surface area contributed by atoms with Gasteiger partial charge in [-0.05, 0) is 32.7 Å². The van der Waals surface area contributed by atoms with Crippen molar-refractivity contribution in [2.75, 3.05) is 13.1 Å². The maximum absolute atomic E-state index is 11.8. The summed E-state index contributed by atoms with van der Waals surface area (Å²) >= 11 is 0. The molecular formula is C12H23NO. The first-order valence-electron chi connectivity index (χ1n) is 5.77. The van der Waals surface area contributed by atoms with Gasteiger partial charge in [-0.3, -0.25) is 4.79 Å². The first kappa shape index (κ1) is 11.7. The van der Waals surface area contributed by atoms with E-state index in [1.54, 1.807) is 0 Å². The molecule has 0 aromatic carbocycles. The van der Waals surface area contributed by atoms with Gasteiger partial charge in [0.2, 0.25) is 0 Å². The smallest absolute Gasteiger partial charge is 0.137 e. The quantitative estimate of drug-likeness (QED) is 0.689. The van der Waals surface area contributed by atoms with E-state index in [1.165, 1.54) is 0 Å². The van der Waals surface area contributed by atoms with Crippen LogP contribution in [0.4, 0.5) is 0 Å². The number of carbonyl (C=O) groups excluding carboxylic acids is 1. The Bertz CT molecular complexity index is 198. The zero-order valence-corrected chi connectivity index (χ0v) is 9.92. The van der Waals surface area contributed by atoms with Crippen molar-refractivity contribution in [3.63, 3.8) is 0 Å². The first-order valence-corrected chi connectivity index (χ1v) is 5.77. The van der Waals surface area contributed by atoms with Gasteiger partial charge in [-0.1, -0.05) is 13.8 Å². The zero-order valence-electron chi connectivity index (χ0n) is 9.92. The molecule has 1 rings (SSSR count). The van der Waals surface area contributed by atoms with Crippen molar-refractivity contribution in [1.29, 1.82) is 0 Å². The van der Waals surface area contributed by atoms with Gasteiger partial charge in [0.15, 0.2) is 0 Å². The normalized spacial score (nSPS) is 23.7. The van der Waals surface area contributed by atoms with Gasteiger partial charge in [-0.25, -0.2) is 0 Å². The lowest BCUT2D eigenvalue weighted by Crippen LogP contribution is -2.29. The summed E-state index contributed by atoms with van der Waals surface area (Å²) in [5.74, 6) is 1.30. The minimum Gasteiger partial charge on any atom is -0.300 e. The van der Waals surface area contributed by atoms with Crippen LogP contribution in [-0.4, -0.2) is 29.8 Å². The molecule has 0 aromatic rings. The van der Waals surface area contributed by atoms with Gasteiger partial charge in [-0.15, -0.1) is 0 Å². The summed E-state index contributed by atoms with van der Waals surface area (Å²) in [4.78, 5) is 14.2. The molecule has 1 saturated heterocycles. The maximum atomic E-state index is 11.8. The number of Topliss-reactive ketones (excluding diaryl/α,β-unsaturated/α-hetero) is 1. The van der Waals surface area contributed by atoms with E-state index in [0.717, 1.165) is 25.9 Å². The van der Waals surface area contributed by atoms with E-state index in [9.17, 15) is 4.79 Å². The Morgan fingerprint density at radius 2 is 2.00 bits per heavy atom. The molecule has 1 aliphatic rings. The minimum atomic E-state index is 0.319. The van der Waals surface area contributed by atoms with Crippen LogP contribution in [-0.2, 0) is 4.79 Å². The summed E-state index contributed by atoms with van der Waals surface area (Å²) in [6.07, 6.45) is 1.83. The van der Waals surface area contributed by atoms with Crippen LogP contribution in [0.15, 0.2) is 0 Å². The Hall–Kier alpha value is -0.370. The Kier molecular flexibility index (Phi) is 4.11. The summed E-state index contributed by atoms with van der Waals surface area (Å²) in [7, 11) is 0. The Labute approximate surface area is 87.7 Å². The van der Waals surface area contributed by atoms with Crippen LogP contribution in [0.25, 0.3) is 0 Å². The molecule has 1 fully saturated rings. The van der Waals surface area contributed by atoms with Crippen molar-refractivity contribution in [1.82, 2.24) is 4.90 Å². The molecule has 82 valence electrons. The first-order chi connectivity index (χ1) is 6.50. The third-order valence-corrected chi connectivity index (χ3v) is 3.01. The van der Waals surface area contributed by atoms with Crippen LogP contribution in [0.5, 0.6) is 0 Å². The molecule has 0 amide bonds. The SMILES string of the molecule is CC(C)CC(=O)C1CCN(C(C)C)C1. The fraction of sp³-hybridized carbons (Fsp3) is 0.917. The molecule has 2 heteroatoms. The second kappa shape index (κ2) is 4.92. The van der Waals surface area contributed by atoms with Crippen molar-refractivity contribution >= 4 is 5.78 Å². The monoisotopic (exact) mass is 197 g/mol. The lowest BCUT2D eigenvalue weighted by molar-refractivity contribution is -0.123. The molecule has 0 aliphatic carbocycles. The summed E-state index contributed by atoms with van der Waals surface area (Å²) in [5, 5.41) is 0. The number of hydrogen-bond donors (Lipinski definition) is 0. The summed E-state index contributed by atoms with van der Waals surface area (Å²) in [6.45, 7) is 10.7. The predicted octanol–water partition coefficient (Wildman–Crippen LogP) is 2.33. The number of nitrogens with zero attached hydrogens (tertiary/aromatic N) is 1. The van der Waals surface area contributed by atoms with E-state index in [0.29, 0.717) is 23.7 Å². The predicted molar refractivity (Wildman–Crippen MR) is 59.3 cm³/mol. The minimum absolute atomic E-state index is 0.319. The standard InChI is InChI=1S/C12H23NO/c1-9(2)7-12(14)11-5-6-13(8-11)10(3)4/h9-11H,5-8H2,1-4H3. The van der Waals surface area contributed by atoms with Crippen LogP contribution >= 0.6 is 0 Å². The van der Waals surface area contributed by atoms with E-state index < -0.39 is 0 Å². The highest BCUT2D eigenvalue weighted by Gasteiger charge is 2.29. The van der Waals surface area contributed by atoms with E-state index in [4.69, 9.17) is 0 Å². The summed E-state index contributed by atoms with van der Waals surface area (Å²) in [6, 6.07) is 0.590. The van der Waals surface area contributed by atoms with Crippen LogP contribution in [0.1, 0.15) is 40.5 Å². The van der Waals surface area contributed by atoms with Crippen molar-refractivity contribution < 1.29 is 4.79 Å². The zero-order chi connectivity index (χ0) is 10.7. The maximum Gasteiger partial charge on any atom is 0.137 e. The fourth-order valence-electron chi connectivity index (χ4n) is 2.09. The largest absolute Gasteiger partial charge is 0.300 e. The lowest BCUT2D eigenvalue weighted by atomic mass is 9.96. The highest BCUT2D eigenvalue weighted by Crippen LogP contribution is 2.21. The highest BCUT2D eigenvalue weighted by molar-refractivity contribution is 5.81. The van der Waals surface area contributed by atoms with E-state index in [-0.39, 0.29) is 0 Å². The third kappa shape index (κ3) is 3.09. The summed E-state index contributed by atoms with van der Waals surface area (Å²) in [5.41, 5.74) is 0. The lowest BCUT2D eigenvalue weighted by Gasteiger charge is -2.20. The van der Waals surface area contributed by atoms with E-state index in [2.05, 4.69) is 32.6 Å². The van der Waals surface area contributed by atoms with E-state index in [1.807, 2.05) is 0 Å². The molecule has 0 saturated carbocycles. The Morgan fingerprint density at radius 1 is 1.36 bits per heavy atom. The average Bonchev–Trinajstić information content (AvgIpc) is 2.50. The van der Waals surface area contributed by atoms with Gasteiger partial charge in [0.05, 0.1) is 0 Å². The van der Waals surface area contributed by atoms with Gasteiger partial charge >= 0.3 is 0 Å². The molecule has 0 bridgehead atoms. The number of ketones is 1. The molecule has 1 unspecified atom stereocenters. The number of rotatable bonds is 4. The fourth-order valence-corrected chi connectivity index (χ4v) is 2.09. The second-order valence-corrected chi connectivity index (χ2v) is 5.14. The van der Waals surface area contributed by atoms with Crippen LogP contribution < -0.4 is 0 Å². The van der Waals surface area contributed by atoms with Gasteiger partial charge in [0.1, 0.15) is 5.78 Å². The van der Waals surface area contributed by atoms with Crippen LogP contribution in [0, 0.1) is 11.8 Å². The van der Waals surface area contributed by atoms with Gasteiger partial charge < -0.3 is 4.90 Å². The molecule has 0 aromatic heterocycles. The van der Waals surface area contributed by atoms with Crippen molar-refractivity contribution in [2.45, 2.75) is 46.6 Å². The van der Waals surface area contributed by atoms with Gasteiger partial charge in [0, 0.05) is 24.9 Å². The Balaban J connectivity index is 2.38. The number of hydrogen-bond acceptors (Lipinski definition) is 2. The van der Waals surface area contributed by atoms with Crippen LogP contribution in [0.2, 0.25) is 0 Å². The molecule has 0 N–H and O–H groups in total. The molecule has 1 heterocycles. The molecule has 2 nitrogen and oxygen atoms in total. The molecule has 0 spiro atoms. The highest BCUT2D eigenvalue weighted by atomic mass is 16.1. The van der Waals surface area contributed by atoms with Gasteiger partial charge in [-0.2, -0.15) is 0 Å². The number of carbonyl (C=O) groups is 1. The number of likely N-dealkylation sites (tertiary alicyclic amines) is 1.